The summed E-state index contributed by atoms with van der Waals surface area (Å²) in [7, 11) is 1.35. The summed E-state index contributed by atoms with van der Waals surface area (Å²) in [6.45, 7) is 0. The minimum absolute atomic E-state index is 0.183. The van der Waals surface area contributed by atoms with E-state index >= 15 is 0 Å². The summed E-state index contributed by atoms with van der Waals surface area (Å²) in [4.78, 5) is 25.9. The summed E-state index contributed by atoms with van der Waals surface area (Å²) >= 11 is 3.08. The van der Waals surface area contributed by atoms with Crippen molar-refractivity contribution in [2.75, 3.05) is 19.1 Å². The lowest BCUT2D eigenvalue weighted by atomic mass is 9.79. The number of aliphatic hydroxyl groups excluding tert-OH is 1. The number of thiophene rings is 1. The quantitative estimate of drug-likeness (QED) is 0.400. The number of rotatable bonds is 9. The third-order valence-corrected chi connectivity index (χ3v) is 7.50. The average Bonchev–Trinajstić information content (AvgIpc) is 3.21. The molecule has 3 rings (SSSR count). The monoisotopic (exact) mass is 450 g/mol. The second-order valence-corrected chi connectivity index (χ2v) is 9.82. The van der Waals surface area contributed by atoms with Crippen LogP contribution in [-0.4, -0.2) is 53.9 Å². The first-order valence-corrected chi connectivity index (χ1v) is 12.5. The third-order valence-electron chi connectivity index (χ3n) is 5.74. The number of nitrogens with one attached hydrogen (secondary N) is 2. The Kier molecular flexibility index (Phi) is 8.16. The number of methoxy groups -OCH3 is 1. The summed E-state index contributed by atoms with van der Waals surface area (Å²) in [5, 5.41) is 18.4. The van der Waals surface area contributed by atoms with Gasteiger partial charge in [-0.05, 0) is 48.8 Å². The van der Waals surface area contributed by atoms with Crippen molar-refractivity contribution in [3.05, 3.63) is 35.2 Å². The number of esters is 1. The van der Waals surface area contributed by atoms with Gasteiger partial charge < -0.3 is 15.2 Å². The van der Waals surface area contributed by atoms with Crippen LogP contribution in [-0.2, 0) is 9.53 Å². The van der Waals surface area contributed by atoms with Crippen molar-refractivity contribution in [3.63, 3.8) is 0 Å². The lowest BCUT2D eigenvalue weighted by Gasteiger charge is -2.42. The molecule has 0 saturated heterocycles. The molecule has 0 radical (unpaired) electrons. The molecule has 1 heterocycles. The molecule has 1 saturated carbocycles. The Morgan fingerprint density at radius 1 is 1.27 bits per heavy atom. The molecular formula is C22H30N2O4S2. The fourth-order valence-corrected chi connectivity index (χ4v) is 5.46. The van der Waals surface area contributed by atoms with Crippen molar-refractivity contribution in [2.45, 2.75) is 56.3 Å². The van der Waals surface area contributed by atoms with Gasteiger partial charge in [0.1, 0.15) is 12.3 Å². The van der Waals surface area contributed by atoms with Crippen LogP contribution in [0.15, 0.2) is 30.3 Å². The van der Waals surface area contributed by atoms with Crippen molar-refractivity contribution in [3.8, 4) is 0 Å². The molecule has 1 unspecified atom stereocenters. The van der Waals surface area contributed by atoms with E-state index in [0.717, 1.165) is 35.1 Å². The molecule has 0 aliphatic heterocycles. The number of amides is 1. The van der Waals surface area contributed by atoms with Crippen LogP contribution in [0, 0.1) is 0 Å². The van der Waals surface area contributed by atoms with Gasteiger partial charge in [-0.2, -0.15) is 11.8 Å². The van der Waals surface area contributed by atoms with Crippen LogP contribution in [0.5, 0.6) is 0 Å². The maximum atomic E-state index is 13.1. The average molecular weight is 451 g/mol. The van der Waals surface area contributed by atoms with Gasteiger partial charge in [-0.25, -0.2) is 0 Å². The molecule has 1 aliphatic carbocycles. The highest BCUT2D eigenvalue weighted by atomic mass is 32.2. The van der Waals surface area contributed by atoms with E-state index in [2.05, 4.69) is 10.6 Å². The maximum absolute atomic E-state index is 13.1. The molecule has 30 heavy (non-hydrogen) atoms. The summed E-state index contributed by atoms with van der Waals surface area (Å²) < 4.78 is 5.96. The van der Waals surface area contributed by atoms with Gasteiger partial charge in [0.05, 0.1) is 17.5 Å². The van der Waals surface area contributed by atoms with Crippen molar-refractivity contribution in [1.29, 1.82) is 0 Å². The minimum Gasteiger partial charge on any atom is -0.468 e. The largest absolute Gasteiger partial charge is 0.468 e. The van der Waals surface area contributed by atoms with E-state index in [-0.39, 0.29) is 5.91 Å². The topological polar surface area (TPSA) is 87.7 Å². The van der Waals surface area contributed by atoms with Crippen molar-refractivity contribution >= 4 is 45.1 Å². The van der Waals surface area contributed by atoms with E-state index in [4.69, 9.17) is 4.74 Å². The van der Waals surface area contributed by atoms with Crippen molar-refractivity contribution in [2.24, 2.45) is 0 Å². The molecule has 164 valence electrons. The number of thioether (sulfide) groups is 1. The number of aliphatic hydroxyl groups is 1. The minimum atomic E-state index is -1.04. The molecule has 6 nitrogen and oxygen atoms in total. The molecule has 2 atom stereocenters. The Labute approximate surface area is 185 Å². The highest BCUT2D eigenvalue weighted by molar-refractivity contribution is 7.98. The zero-order valence-electron chi connectivity index (χ0n) is 17.5. The van der Waals surface area contributed by atoms with Crippen molar-refractivity contribution < 1.29 is 19.4 Å². The predicted molar refractivity (Wildman–Crippen MR) is 123 cm³/mol. The molecule has 1 fully saturated rings. The molecule has 1 aromatic carbocycles. The van der Waals surface area contributed by atoms with Crippen LogP contribution in [0.4, 0.5) is 0 Å². The van der Waals surface area contributed by atoms with Crippen molar-refractivity contribution in [1.82, 2.24) is 10.6 Å². The molecule has 0 bridgehead atoms. The lowest BCUT2D eigenvalue weighted by molar-refractivity contribution is -0.145. The number of carbonyl (C=O) groups is 2. The van der Waals surface area contributed by atoms with Crippen LogP contribution in [0.1, 0.15) is 48.2 Å². The third kappa shape index (κ3) is 5.35. The number of hydrogen-bond donors (Lipinski definition) is 3. The Balaban J connectivity index is 1.78. The zero-order valence-corrected chi connectivity index (χ0v) is 19.1. The summed E-state index contributed by atoms with van der Waals surface area (Å²) in [6, 6.07) is 9.17. The van der Waals surface area contributed by atoms with Gasteiger partial charge in [0.2, 0.25) is 0 Å². The van der Waals surface area contributed by atoms with E-state index in [1.807, 2.05) is 36.6 Å². The maximum Gasteiger partial charge on any atom is 0.322 e. The number of carbonyl (C=O) groups excluding carboxylic acids is 2. The normalized spacial score (nSPS) is 18.0. The van der Waals surface area contributed by atoms with E-state index < -0.39 is 23.8 Å². The fraction of sp³-hybridized carbons (Fsp3) is 0.545. The molecule has 1 aromatic heterocycles. The number of hydrogen-bond acceptors (Lipinski definition) is 7. The van der Waals surface area contributed by atoms with Gasteiger partial charge in [-0.15, -0.1) is 11.3 Å². The van der Waals surface area contributed by atoms with E-state index in [0.29, 0.717) is 24.1 Å². The SMILES string of the molecule is COC(=O)[C@H](CCSC)NC(O)C1(NC(=O)c2cc3ccccc3s2)CCCCC1. The first kappa shape index (κ1) is 23.1. The Morgan fingerprint density at radius 2 is 2.00 bits per heavy atom. The van der Waals surface area contributed by atoms with Gasteiger partial charge in [0.25, 0.3) is 5.91 Å². The molecule has 1 aliphatic rings. The Hall–Kier alpha value is -1.61. The molecular weight excluding hydrogens is 420 g/mol. The fourth-order valence-electron chi connectivity index (χ4n) is 4.03. The van der Waals surface area contributed by atoms with Gasteiger partial charge in [-0.1, -0.05) is 37.5 Å². The summed E-state index contributed by atoms with van der Waals surface area (Å²) in [6.07, 6.45) is 5.70. The number of fused-ring (bicyclic) bond motifs is 1. The summed E-state index contributed by atoms with van der Waals surface area (Å²) in [5.74, 6) is 0.184. The molecule has 3 N–H and O–H groups in total. The van der Waals surface area contributed by atoms with Gasteiger partial charge >= 0.3 is 5.97 Å². The second-order valence-electron chi connectivity index (χ2n) is 7.75. The van der Waals surface area contributed by atoms with E-state index in [1.54, 1.807) is 11.8 Å². The number of benzene rings is 1. The Bertz CT molecular complexity index is 831. The second kappa shape index (κ2) is 10.6. The van der Waals surface area contributed by atoms with E-state index in [1.165, 1.54) is 18.4 Å². The molecule has 1 amide bonds. The zero-order chi connectivity index (χ0) is 21.6. The summed E-state index contributed by atoms with van der Waals surface area (Å²) in [5.41, 5.74) is -0.808. The smallest absolute Gasteiger partial charge is 0.322 e. The Morgan fingerprint density at radius 3 is 2.67 bits per heavy atom. The van der Waals surface area contributed by atoms with Gasteiger partial charge in [-0.3, -0.25) is 14.9 Å². The first-order chi connectivity index (χ1) is 14.5. The number of ether oxygens (including phenoxy) is 1. The molecule has 8 heteroatoms. The predicted octanol–water partition coefficient (Wildman–Crippen LogP) is 3.54. The lowest BCUT2D eigenvalue weighted by Crippen LogP contribution is -2.64. The highest BCUT2D eigenvalue weighted by Gasteiger charge is 2.42. The molecule has 0 spiro atoms. The van der Waals surface area contributed by atoms with Crippen LogP contribution in [0.25, 0.3) is 10.1 Å². The van der Waals surface area contributed by atoms with Crippen LogP contribution < -0.4 is 10.6 Å². The van der Waals surface area contributed by atoms with Crippen LogP contribution >= 0.6 is 23.1 Å². The standard InChI is InChI=1S/C22H30N2O4S2/c1-28-20(26)16(10-13-29-2)23-21(27)22(11-6-3-7-12-22)24-19(25)18-14-15-8-4-5-9-17(15)30-18/h4-5,8-9,14,16,21,23,27H,3,6-7,10-13H2,1-2H3,(H,24,25)/t16-,21?/m0/s1. The first-order valence-electron chi connectivity index (χ1n) is 10.3. The van der Waals surface area contributed by atoms with Crippen LogP contribution in [0.3, 0.4) is 0 Å². The van der Waals surface area contributed by atoms with Crippen LogP contribution in [0.2, 0.25) is 0 Å². The van der Waals surface area contributed by atoms with Gasteiger partial charge in [0, 0.05) is 4.70 Å². The highest BCUT2D eigenvalue weighted by Crippen LogP contribution is 2.32. The van der Waals surface area contributed by atoms with Gasteiger partial charge in [0.15, 0.2) is 0 Å². The van der Waals surface area contributed by atoms with E-state index in [9.17, 15) is 14.7 Å². The molecule has 2 aromatic rings.